The number of urea groups is 1. The highest BCUT2D eigenvalue weighted by Crippen LogP contribution is 2.23. The zero-order chi connectivity index (χ0) is 39.6. The van der Waals surface area contributed by atoms with Crippen molar-refractivity contribution in [3.05, 3.63) is 102 Å². The molecule has 7 N–H and O–H groups in total. The summed E-state index contributed by atoms with van der Waals surface area (Å²) in [5.74, 6) is -2.09. The molecule has 4 rings (SSSR count). The van der Waals surface area contributed by atoms with Crippen molar-refractivity contribution in [2.24, 2.45) is 29.2 Å². The van der Waals surface area contributed by atoms with Crippen molar-refractivity contribution in [3.63, 3.8) is 0 Å². The van der Waals surface area contributed by atoms with Crippen LogP contribution in [-0.2, 0) is 32.0 Å². The van der Waals surface area contributed by atoms with Crippen molar-refractivity contribution in [3.8, 4) is 0 Å². The number of Topliss-reactive ketones (excluding diaryl/α,β-unsaturated/α-hetero) is 2. The fourth-order valence-corrected chi connectivity index (χ4v) is 7.17. The molecule has 11 heteroatoms. The van der Waals surface area contributed by atoms with Gasteiger partial charge in [0.15, 0.2) is 11.6 Å². The SMILES string of the molecule is CC(C)C[C@@H](NC(=O)[C@H](CC(=O)[C@H](N)Cc1ccccc1)Cc1ccccc1)C(=O)C[C@H](CCCCN)C(=O)N1CCC(NC(=O)Nc2ccccc2)CC1. The van der Waals surface area contributed by atoms with E-state index < -0.39 is 23.9 Å². The Morgan fingerprint density at radius 1 is 0.745 bits per heavy atom. The summed E-state index contributed by atoms with van der Waals surface area (Å²) in [4.78, 5) is 70.0. The van der Waals surface area contributed by atoms with Gasteiger partial charge in [-0.25, -0.2) is 4.79 Å². The van der Waals surface area contributed by atoms with Crippen LogP contribution in [0.15, 0.2) is 91.0 Å². The monoisotopic (exact) mass is 752 g/mol. The lowest BCUT2D eigenvalue weighted by atomic mass is 9.87. The third-order valence-electron chi connectivity index (χ3n) is 10.2. The summed E-state index contributed by atoms with van der Waals surface area (Å²) in [5.41, 5.74) is 14.7. The Bertz CT molecular complexity index is 1650. The molecule has 3 aromatic rings. The molecule has 0 saturated carbocycles. The normalized spacial score (nSPS) is 15.4. The lowest BCUT2D eigenvalue weighted by Crippen LogP contribution is -2.50. The second-order valence-corrected chi connectivity index (χ2v) is 15.3. The topological polar surface area (TPSA) is 177 Å². The predicted molar refractivity (Wildman–Crippen MR) is 217 cm³/mol. The summed E-state index contributed by atoms with van der Waals surface area (Å²) in [6.07, 6.45) is 4.14. The molecule has 3 aromatic carbocycles. The van der Waals surface area contributed by atoms with Crippen LogP contribution in [0, 0.1) is 17.8 Å². The number of likely N-dealkylation sites (tertiary alicyclic amines) is 1. The minimum absolute atomic E-state index is 0.0109. The van der Waals surface area contributed by atoms with Gasteiger partial charge in [0.25, 0.3) is 0 Å². The molecule has 0 bridgehead atoms. The zero-order valence-corrected chi connectivity index (χ0v) is 32.5. The molecule has 4 atom stereocenters. The quantitative estimate of drug-likeness (QED) is 0.0903. The van der Waals surface area contributed by atoms with Gasteiger partial charge in [0, 0.05) is 49.5 Å². The molecule has 0 unspecified atom stereocenters. The molecule has 55 heavy (non-hydrogen) atoms. The van der Waals surface area contributed by atoms with Crippen LogP contribution in [-0.4, -0.2) is 72.1 Å². The average molecular weight is 753 g/mol. The summed E-state index contributed by atoms with van der Waals surface area (Å²) in [6.45, 7) is 5.39. The van der Waals surface area contributed by atoms with Crippen molar-refractivity contribution in [2.75, 3.05) is 25.0 Å². The summed E-state index contributed by atoms with van der Waals surface area (Å²) in [7, 11) is 0. The number of para-hydroxylation sites is 1. The van der Waals surface area contributed by atoms with Crippen molar-refractivity contribution in [1.82, 2.24) is 15.5 Å². The van der Waals surface area contributed by atoms with E-state index in [-0.39, 0.29) is 54.2 Å². The van der Waals surface area contributed by atoms with E-state index in [1.807, 2.05) is 105 Å². The largest absolute Gasteiger partial charge is 0.346 e. The highest BCUT2D eigenvalue weighted by Gasteiger charge is 2.34. The van der Waals surface area contributed by atoms with E-state index in [2.05, 4.69) is 16.0 Å². The first-order valence-corrected chi connectivity index (χ1v) is 19.8. The molecule has 1 saturated heterocycles. The number of hydrogen-bond donors (Lipinski definition) is 5. The minimum atomic E-state index is -0.818. The van der Waals surface area contributed by atoms with E-state index in [0.29, 0.717) is 70.3 Å². The van der Waals surface area contributed by atoms with Gasteiger partial charge in [-0.05, 0) is 80.7 Å². The molecule has 1 aliphatic heterocycles. The first kappa shape index (κ1) is 42.9. The van der Waals surface area contributed by atoms with E-state index in [1.54, 1.807) is 4.90 Å². The molecule has 1 heterocycles. The maximum absolute atomic E-state index is 14.1. The number of ketones is 2. The number of benzene rings is 3. The lowest BCUT2D eigenvalue weighted by Gasteiger charge is -2.35. The van der Waals surface area contributed by atoms with E-state index >= 15 is 0 Å². The minimum Gasteiger partial charge on any atom is -0.346 e. The van der Waals surface area contributed by atoms with E-state index in [9.17, 15) is 24.0 Å². The number of unbranched alkanes of at least 4 members (excludes halogenated alkanes) is 1. The number of hydrogen-bond acceptors (Lipinski definition) is 7. The number of nitrogens with one attached hydrogen (secondary N) is 3. The van der Waals surface area contributed by atoms with Crippen LogP contribution in [0.2, 0.25) is 0 Å². The second-order valence-electron chi connectivity index (χ2n) is 15.3. The molecule has 0 aromatic heterocycles. The molecule has 4 amide bonds. The van der Waals surface area contributed by atoms with Gasteiger partial charge in [-0.2, -0.15) is 0 Å². The Balaban J connectivity index is 1.41. The molecule has 1 aliphatic rings. The smallest absolute Gasteiger partial charge is 0.319 e. The van der Waals surface area contributed by atoms with Crippen molar-refractivity contribution in [2.45, 2.75) is 96.2 Å². The Labute approximate surface area is 326 Å². The highest BCUT2D eigenvalue weighted by molar-refractivity contribution is 5.95. The van der Waals surface area contributed by atoms with E-state index in [4.69, 9.17) is 11.5 Å². The third-order valence-corrected chi connectivity index (χ3v) is 10.2. The number of anilines is 1. The van der Waals surface area contributed by atoms with Gasteiger partial charge in [0.2, 0.25) is 11.8 Å². The van der Waals surface area contributed by atoms with Gasteiger partial charge in [0.05, 0.1) is 12.1 Å². The fraction of sp³-hybridized carbons (Fsp3) is 0.477. The number of carbonyl (C=O) groups excluding carboxylic acids is 5. The number of carbonyl (C=O) groups is 5. The Morgan fingerprint density at radius 2 is 1.31 bits per heavy atom. The van der Waals surface area contributed by atoms with Gasteiger partial charge in [-0.1, -0.05) is 99.1 Å². The molecule has 0 aliphatic carbocycles. The third kappa shape index (κ3) is 14.7. The van der Waals surface area contributed by atoms with Crippen molar-refractivity contribution < 1.29 is 24.0 Å². The number of nitrogens with two attached hydrogens (primary N) is 2. The summed E-state index contributed by atoms with van der Waals surface area (Å²) in [6, 6.07) is 26.3. The summed E-state index contributed by atoms with van der Waals surface area (Å²) < 4.78 is 0. The fourth-order valence-electron chi connectivity index (χ4n) is 7.17. The molecular weight excluding hydrogens is 693 g/mol. The Hall–Kier alpha value is -4.87. The Kier molecular flexibility index (Phi) is 17.5. The van der Waals surface area contributed by atoms with Crippen LogP contribution in [0.3, 0.4) is 0 Å². The Morgan fingerprint density at radius 3 is 1.89 bits per heavy atom. The van der Waals surface area contributed by atoms with Gasteiger partial charge >= 0.3 is 6.03 Å². The number of rotatable bonds is 21. The molecule has 11 nitrogen and oxygen atoms in total. The van der Waals surface area contributed by atoms with Gasteiger partial charge in [-0.3, -0.25) is 19.2 Å². The number of piperidine rings is 1. The molecular formula is C44H60N6O5. The van der Waals surface area contributed by atoms with E-state index in [1.165, 1.54) is 0 Å². The van der Waals surface area contributed by atoms with Crippen LogP contribution in [0.5, 0.6) is 0 Å². The average Bonchev–Trinajstić information content (AvgIpc) is 3.18. The highest BCUT2D eigenvalue weighted by atomic mass is 16.2. The van der Waals surface area contributed by atoms with Gasteiger partial charge < -0.3 is 32.3 Å². The first-order chi connectivity index (χ1) is 26.5. The standard InChI is InChI=1S/C44H60N6O5/c1-31(2)26-39(49-42(53)35(27-32-14-6-3-7-15-32)30-40(51)38(46)28-33-16-8-4-9-17-33)41(52)29-34(18-12-13-23-45)43(54)50-24-21-37(22-25-50)48-44(55)47-36-19-10-5-11-20-36/h3-11,14-17,19-20,31,34-35,37-39H,12-13,18,21-30,45-46H2,1-2H3,(H,49,53)(H2,47,48,55)/t34-,35-,38+,39+/m0/s1. The van der Waals surface area contributed by atoms with Crippen LogP contribution in [0.25, 0.3) is 0 Å². The predicted octanol–water partition coefficient (Wildman–Crippen LogP) is 5.42. The van der Waals surface area contributed by atoms with Crippen LogP contribution < -0.4 is 27.4 Å². The summed E-state index contributed by atoms with van der Waals surface area (Å²) in [5, 5.41) is 8.87. The number of nitrogens with zero attached hydrogens (tertiary/aromatic N) is 1. The van der Waals surface area contributed by atoms with Gasteiger partial charge in [0.1, 0.15) is 0 Å². The zero-order valence-electron chi connectivity index (χ0n) is 32.5. The van der Waals surface area contributed by atoms with Crippen molar-refractivity contribution in [1.29, 1.82) is 0 Å². The second kappa shape index (κ2) is 22.5. The molecule has 296 valence electrons. The number of amides is 4. The summed E-state index contributed by atoms with van der Waals surface area (Å²) >= 11 is 0. The molecule has 0 spiro atoms. The van der Waals surface area contributed by atoms with Crippen LogP contribution >= 0.6 is 0 Å². The first-order valence-electron chi connectivity index (χ1n) is 19.8. The van der Waals surface area contributed by atoms with Gasteiger partial charge in [-0.15, -0.1) is 0 Å². The molecule has 1 fully saturated rings. The maximum Gasteiger partial charge on any atom is 0.319 e. The molecule has 0 radical (unpaired) electrons. The maximum atomic E-state index is 14.1. The van der Waals surface area contributed by atoms with Crippen LogP contribution in [0.4, 0.5) is 10.5 Å². The van der Waals surface area contributed by atoms with Crippen molar-refractivity contribution >= 4 is 35.1 Å². The van der Waals surface area contributed by atoms with Crippen LogP contribution in [0.1, 0.15) is 76.3 Å². The van der Waals surface area contributed by atoms with E-state index in [0.717, 1.165) is 17.5 Å². The lowest BCUT2D eigenvalue weighted by molar-refractivity contribution is -0.140.